The highest BCUT2D eigenvalue weighted by Crippen LogP contribution is 2.23. The largest absolute Gasteiger partial charge is 0.353 e. The predicted molar refractivity (Wildman–Crippen MR) is 119 cm³/mol. The number of carbonyl (C=O) groups excluding carboxylic acids is 1. The number of amides is 1. The number of carbonyl (C=O) groups is 1. The first-order valence-corrected chi connectivity index (χ1v) is 13.1. The van der Waals surface area contributed by atoms with Gasteiger partial charge in [0.05, 0.1) is 17.0 Å². The van der Waals surface area contributed by atoms with Gasteiger partial charge in [-0.15, -0.1) is 5.10 Å². The van der Waals surface area contributed by atoms with Crippen LogP contribution < -0.4 is 5.32 Å². The van der Waals surface area contributed by atoms with E-state index in [-0.39, 0.29) is 16.8 Å². The molecule has 2 fully saturated rings. The van der Waals surface area contributed by atoms with Crippen LogP contribution in [-0.2, 0) is 21.4 Å². The van der Waals surface area contributed by atoms with Gasteiger partial charge in [0, 0.05) is 25.6 Å². The summed E-state index contributed by atoms with van der Waals surface area (Å²) >= 11 is 0. The molecule has 1 aromatic heterocycles. The fourth-order valence-corrected chi connectivity index (χ4v) is 6.18. The first-order chi connectivity index (χ1) is 15.0. The number of fused-ring (bicyclic) bond motifs is 1. The molecule has 1 amide bonds. The first kappa shape index (κ1) is 22.2. The van der Waals surface area contributed by atoms with Crippen LogP contribution in [0.1, 0.15) is 70.6 Å². The minimum Gasteiger partial charge on any atom is -0.353 e. The lowest BCUT2D eigenvalue weighted by molar-refractivity contribution is -0.122. The number of hydrogen-bond donors (Lipinski definition) is 1. The first-order valence-electron chi connectivity index (χ1n) is 11.7. The molecule has 1 saturated carbocycles. The Bertz CT molecular complexity index is 990. The number of aryl methyl sites for hydroxylation is 1. The van der Waals surface area contributed by atoms with E-state index in [2.05, 4.69) is 15.6 Å². The van der Waals surface area contributed by atoms with Gasteiger partial charge in [0.15, 0.2) is 0 Å². The maximum Gasteiger partial charge on any atom is 0.243 e. The highest BCUT2D eigenvalue weighted by Gasteiger charge is 2.26. The molecule has 2 aromatic rings. The van der Waals surface area contributed by atoms with Crippen molar-refractivity contribution in [3.8, 4) is 0 Å². The molecule has 31 heavy (non-hydrogen) atoms. The number of rotatable bonds is 6. The Kier molecular flexibility index (Phi) is 7.22. The number of nitrogens with zero attached hydrogens (tertiary/aromatic N) is 4. The number of nitrogens with one attached hydrogen (secondary N) is 1. The van der Waals surface area contributed by atoms with Crippen molar-refractivity contribution < 1.29 is 13.2 Å². The molecule has 170 valence electrons. The van der Waals surface area contributed by atoms with Crippen LogP contribution >= 0.6 is 0 Å². The molecule has 2 heterocycles. The minimum absolute atomic E-state index is 0.0403. The molecule has 2 aliphatic rings. The van der Waals surface area contributed by atoms with Gasteiger partial charge >= 0.3 is 0 Å². The Labute approximate surface area is 184 Å². The summed E-state index contributed by atoms with van der Waals surface area (Å²) in [5, 5.41) is 11.5. The van der Waals surface area contributed by atoms with Crippen molar-refractivity contribution in [1.29, 1.82) is 0 Å². The van der Waals surface area contributed by atoms with Gasteiger partial charge in [0.2, 0.25) is 15.9 Å². The summed E-state index contributed by atoms with van der Waals surface area (Å²) in [7, 11) is -3.50. The molecule has 0 radical (unpaired) electrons. The van der Waals surface area contributed by atoms with Crippen LogP contribution in [0.2, 0.25) is 0 Å². The fraction of sp³-hybridized carbons (Fsp3) is 0.682. The SMILES string of the molecule is O=C(CCn1nnc2cc(S(=O)(=O)N3CCCCC3)ccc21)NC1CCCCCCC1. The van der Waals surface area contributed by atoms with Crippen molar-refractivity contribution in [3.05, 3.63) is 18.2 Å². The average molecular weight is 448 g/mol. The molecule has 9 heteroatoms. The second kappa shape index (κ2) is 10.1. The molecular weight excluding hydrogens is 414 g/mol. The smallest absolute Gasteiger partial charge is 0.243 e. The number of piperidine rings is 1. The molecule has 0 bridgehead atoms. The van der Waals surface area contributed by atoms with Crippen LogP contribution in [0.3, 0.4) is 0 Å². The van der Waals surface area contributed by atoms with Crippen molar-refractivity contribution in [3.63, 3.8) is 0 Å². The van der Waals surface area contributed by atoms with Gasteiger partial charge in [0.1, 0.15) is 5.52 Å². The monoisotopic (exact) mass is 447 g/mol. The Morgan fingerprint density at radius 2 is 1.68 bits per heavy atom. The van der Waals surface area contributed by atoms with E-state index in [1.807, 2.05) is 0 Å². The maximum atomic E-state index is 12.9. The van der Waals surface area contributed by atoms with E-state index in [0.29, 0.717) is 31.6 Å². The molecule has 1 aliphatic heterocycles. The Morgan fingerprint density at radius 3 is 2.42 bits per heavy atom. The number of hydrogen-bond acceptors (Lipinski definition) is 5. The average Bonchev–Trinajstić information content (AvgIpc) is 3.17. The fourth-order valence-electron chi connectivity index (χ4n) is 4.64. The minimum atomic E-state index is -3.50. The lowest BCUT2D eigenvalue weighted by atomic mass is 9.96. The molecular formula is C22H33N5O3S. The van der Waals surface area contributed by atoms with Crippen LogP contribution in [0.15, 0.2) is 23.1 Å². The van der Waals surface area contributed by atoms with Crippen molar-refractivity contribution in [2.24, 2.45) is 0 Å². The molecule has 0 spiro atoms. The highest BCUT2D eigenvalue weighted by atomic mass is 32.2. The van der Waals surface area contributed by atoms with E-state index in [1.54, 1.807) is 27.2 Å². The lowest BCUT2D eigenvalue weighted by Gasteiger charge is -2.25. The number of benzene rings is 1. The van der Waals surface area contributed by atoms with E-state index in [0.717, 1.165) is 37.6 Å². The van der Waals surface area contributed by atoms with Crippen molar-refractivity contribution >= 4 is 27.0 Å². The Hall–Kier alpha value is -2.00. The van der Waals surface area contributed by atoms with Gasteiger partial charge in [0.25, 0.3) is 0 Å². The second-order valence-electron chi connectivity index (χ2n) is 8.79. The third kappa shape index (κ3) is 5.44. The normalized spacial score (nSPS) is 19.7. The number of sulfonamides is 1. The van der Waals surface area contributed by atoms with Gasteiger partial charge in [-0.05, 0) is 43.9 Å². The Balaban J connectivity index is 1.38. The predicted octanol–water partition coefficient (Wildman–Crippen LogP) is 3.23. The zero-order valence-electron chi connectivity index (χ0n) is 18.1. The zero-order chi connectivity index (χ0) is 21.7. The summed E-state index contributed by atoms with van der Waals surface area (Å²) in [6.07, 6.45) is 11.5. The summed E-state index contributed by atoms with van der Waals surface area (Å²) in [5.41, 5.74) is 1.29. The van der Waals surface area contributed by atoms with Crippen molar-refractivity contribution in [2.75, 3.05) is 13.1 Å². The van der Waals surface area contributed by atoms with Crippen LogP contribution in [0, 0.1) is 0 Å². The molecule has 0 unspecified atom stereocenters. The topological polar surface area (TPSA) is 97.2 Å². The van der Waals surface area contributed by atoms with Crippen LogP contribution in [0.25, 0.3) is 11.0 Å². The maximum absolute atomic E-state index is 12.9. The van der Waals surface area contributed by atoms with Crippen LogP contribution in [0.4, 0.5) is 0 Å². The van der Waals surface area contributed by atoms with E-state index in [9.17, 15) is 13.2 Å². The van der Waals surface area contributed by atoms with Crippen LogP contribution in [-0.4, -0.2) is 52.8 Å². The van der Waals surface area contributed by atoms with Crippen molar-refractivity contribution in [1.82, 2.24) is 24.6 Å². The lowest BCUT2D eigenvalue weighted by Crippen LogP contribution is -2.35. The summed E-state index contributed by atoms with van der Waals surface area (Å²) in [4.78, 5) is 12.7. The van der Waals surface area contributed by atoms with E-state index < -0.39 is 10.0 Å². The molecule has 1 saturated heterocycles. The van der Waals surface area contributed by atoms with E-state index in [1.165, 1.54) is 32.1 Å². The summed E-state index contributed by atoms with van der Waals surface area (Å²) in [5.74, 6) is 0.0403. The quantitative estimate of drug-likeness (QED) is 0.733. The molecule has 8 nitrogen and oxygen atoms in total. The molecule has 0 atom stereocenters. The summed E-state index contributed by atoms with van der Waals surface area (Å²) in [6, 6.07) is 5.25. The van der Waals surface area contributed by atoms with E-state index in [4.69, 9.17) is 0 Å². The third-order valence-corrected chi connectivity index (χ3v) is 8.35. The van der Waals surface area contributed by atoms with Gasteiger partial charge in [-0.25, -0.2) is 13.1 Å². The zero-order valence-corrected chi connectivity index (χ0v) is 18.9. The molecule has 4 rings (SSSR count). The van der Waals surface area contributed by atoms with Crippen molar-refractivity contribution in [2.45, 2.75) is 88.1 Å². The second-order valence-corrected chi connectivity index (χ2v) is 10.7. The highest BCUT2D eigenvalue weighted by molar-refractivity contribution is 7.89. The molecule has 1 N–H and O–H groups in total. The van der Waals surface area contributed by atoms with Gasteiger partial charge in [-0.3, -0.25) is 4.79 Å². The van der Waals surface area contributed by atoms with Gasteiger partial charge in [-0.1, -0.05) is 43.7 Å². The van der Waals surface area contributed by atoms with Gasteiger partial charge < -0.3 is 5.32 Å². The Morgan fingerprint density at radius 1 is 1.00 bits per heavy atom. The number of aromatic nitrogens is 3. The van der Waals surface area contributed by atoms with E-state index >= 15 is 0 Å². The summed E-state index contributed by atoms with van der Waals surface area (Å²) < 4.78 is 29.1. The summed E-state index contributed by atoms with van der Waals surface area (Å²) in [6.45, 7) is 1.57. The molecule has 1 aliphatic carbocycles. The third-order valence-electron chi connectivity index (χ3n) is 6.46. The van der Waals surface area contributed by atoms with Gasteiger partial charge in [-0.2, -0.15) is 4.31 Å². The standard InChI is InChI=1S/C22H33N5O3S/c28-22(23-18-9-5-2-1-3-6-10-18)13-16-27-21-12-11-19(17-20(21)24-25-27)31(29,30)26-14-7-4-8-15-26/h11-12,17-18H,1-10,13-16H2,(H,23,28). The van der Waals surface area contributed by atoms with Crippen LogP contribution in [0.5, 0.6) is 0 Å². The molecule has 1 aromatic carbocycles.